The van der Waals surface area contributed by atoms with E-state index >= 15 is 0 Å². The van der Waals surface area contributed by atoms with Crippen molar-refractivity contribution in [2.75, 3.05) is 12.4 Å². The van der Waals surface area contributed by atoms with Gasteiger partial charge in [-0.25, -0.2) is 4.79 Å². The van der Waals surface area contributed by atoms with Crippen LogP contribution in [0.25, 0.3) is 0 Å². The van der Waals surface area contributed by atoms with Gasteiger partial charge in [0.15, 0.2) is 5.09 Å². The number of furan rings is 1. The number of carboxylic acids is 1. The number of benzene rings is 1. The molecule has 0 bridgehead atoms. The molecule has 1 N–H and O–H groups in total. The minimum absolute atomic E-state index is 0.0250. The van der Waals surface area contributed by atoms with Gasteiger partial charge in [0.1, 0.15) is 5.75 Å². The van der Waals surface area contributed by atoms with E-state index in [4.69, 9.17) is 14.3 Å². The molecule has 0 saturated heterocycles. The first-order chi connectivity index (χ1) is 9.25. The maximum atomic E-state index is 10.6. The van der Waals surface area contributed by atoms with Crippen LogP contribution in [0.3, 0.4) is 0 Å². The molecule has 0 radical (unpaired) electrons. The van der Waals surface area contributed by atoms with Crippen molar-refractivity contribution in [1.29, 1.82) is 0 Å². The van der Waals surface area contributed by atoms with Crippen molar-refractivity contribution in [1.82, 2.24) is 0 Å². The lowest BCUT2D eigenvalue weighted by molar-refractivity contribution is 0.0656. The Kier molecular flexibility index (Phi) is 4.92. The SMILES string of the molecule is O=C(O)c1ccc(SCCCOc2ccccc2)o1. The van der Waals surface area contributed by atoms with Crippen LogP contribution >= 0.6 is 11.8 Å². The van der Waals surface area contributed by atoms with Gasteiger partial charge < -0.3 is 14.3 Å². The summed E-state index contributed by atoms with van der Waals surface area (Å²) in [5.74, 6) is 0.611. The van der Waals surface area contributed by atoms with Crippen molar-refractivity contribution < 1.29 is 19.1 Å². The van der Waals surface area contributed by atoms with E-state index in [1.54, 1.807) is 6.07 Å². The molecule has 0 amide bonds. The Morgan fingerprint density at radius 3 is 2.68 bits per heavy atom. The van der Waals surface area contributed by atoms with Crippen LogP contribution in [0.15, 0.2) is 52.0 Å². The quantitative estimate of drug-likeness (QED) is 0.620. The lowest BCUT2D eigenvalue weighted by Gasteiger charge is -2.04. The third-order valence-corrected chi connectivity index (χ3v) is 3.33. The van der Waals surface area contributed by atoms with E-state index in [1.165, 1.54) is 17.8 Å². The minimum Gasteiger partial charge on any atom is -0.494 e. The largest absolute Gasteiger partial charge is 0.494 e. The van der Waals surface area contributed by atoms with Crippen LogP contribution in [-0.2, 0) is 0 Å². The van der Waals surface area contributed by atoms with Gasteiger partial charge in [-0.15, -0.1) is 0 Å². The number of thioether (sulfide) groups is 1. The standard InChI is InChI=1S/C14H14O4S/c15-14(16)12-7-8-13(18-12)19-10-4-9-17-11-5-2-1-3-6-11/h1-3,5-8H,4,9-10H2,(H,15,16). The molecule has 0 unspecified atom stereocenters. The highest BCUT2D eigenvalue weighted by Gasteiger charge is 2.08. The van der Waals surface area contributed by atoms with E-state index in [-0.39, 0.29) is 5.76 Å². The second-order valence-corrected chi connectivity index (χ2v) is 4.89. The van der Waals surface area contributed by atoms with Gasteiger partial charge >= 0.3 is 5.97 Å². The van der Waals surface area contributed by atoms with Gasteiger partial charge in [0.2, 0.25) is 5.76 Å². The third-order valence-electron chi connectivity index (χ3n) is 2.34. The van der Waals surface area contributed by atoms with E-state index < -0.39 is 5.97 Å². The number of aromatic carboxylic acids is 1. The highest BCUT2D eigenvalue weighted by molar-refractivity contribution is 7.99. The van der Waals surface area contributed by atoms with Crippen LogP contribution in [0.2, 0.25) is 0 Å². The molecular formula is C14H14O4S. The molecule has 2 aromatic rings. The third kappa shape index (κ3) is 4.37. The topological polar surface area (TPSA) is 59.7 Å². The lowest BCUT2D eigenvalue weighted by atomic mass is 10.3. The molecule has 0 aliphatic rings. The van der Waals surface area contributed by atoms with Crippen LogP contribution < -0.4 is 4.74 Å². The average molecular weight is 278 g/mol. The molecule has 1 heterocycles. The van der Waals surface area contributed by atoms with E-state index in [1.807, 2.05) is 30.3 Å². The Hall–Kier alpha value is -1.88. The zero-order valence-corrected chi connectivity index (χ0v) is 11.1. The Balaban J connectivity index is 1.65. The minimum atomic E-state index is -1.04. The highest BCUT2D eigenvalue weighted by atomic mass is 32.2. The molecule has 2 rings (SSSR count). The summed E-state index contributed by atoms with van der Waals surface area (Å²) in [5.41, 5.74) is 0. The molecule has 1 aromatic heterocycles. The Labute approximate surface area is 115 Å². The molecule has 100 valence electrons. The Bertz CT molecular complexity index is 521. The van der Waals surface area contributed by atoms with Crippen molar-refractivity contribution in [3.05, 3.63) is 48.2 Å². The lowest BCUT2D eigenvalue weighted by Crippen LogP contribution is -1.98. The predicted molar refractivity (Wildman–Crippen MR) is 72.9 cm³/mol. The van der Waals surface area contributed by atoms with Crippen molar-refractivity contribution in [2.45, 2.75) is 11.5 Å². The van der Waals surface area contributed by atoms with Crippen LogP contribution in [0, 0.1) is 0 Å². The molecule has 0 atom stereocenters. The van der Waals surface area contributed by atoms with E-state index in [9.17, 15) is 4.79 Å². The van der Waals surface area contributed by atoms with E-state index in [2.05, 4.69) is 0 Å². The van der Waals surface area contributed by atoms with Gasteiger partial charge in [-0.3, -0.25) is 0 Å². The second-order valence-electron chi connectivity index (χ2n) is 3.79. The van der Waals surface area contributed by atoms with Crippen molar-refractivity contribution in [3.63, 3.8) is 0 Å². The maximum absolute atomic E-state index is 10.6. The van der Waals surface area contributed by atoms with Gasteiger partial charge in [-0.2, -0.15) is 0 Å². The fraction of sp³-hybridized carbons (Fsp3) is 0.214. The van der Waals surface area contributed by atoms with Gasteiger partial charge in [-0.1, -0.05) is 30.0 Å². The maximum Gasteiger partial charge on any atom is 0.371 e. The van der Waals surface area contributed by atoms with Crippen LogP contribution in [-0.4, -0.2) is 23.4 Å². The Morgan fingerprint density at radius 1 is 1.21 bits per heavy atom. The number of para-hydroxylation sites is 1. The first-order valence-electron chi connectivity index (χ1n) is 5.89. The smallest absolute Gasteiger partial charge is 0.371 e. The van der Waals surface area contributed by atoms with Crippen molar-refractivity contribution in [3.8, 4) is 5.75 Å². The second kappa shape index (κ2) is 6.89. The summed E-state index contributed by atoms with van der Waals surface area (Å²) >= 11 is 1.48. The molecule has 0 fully saturated rings. The fourth-order valence-corrected chi connectivity index (χ4v) is 2.23. The molecule has 0 saturated carbocycles. The van der Waals surface area contributed by atoms with Crippen LogP contribution in [0.5, 0.6) is 5.75 Å². The van der Waals surface area contributed by atoms with E-state index in [0.717, 1.165) is 17.9 Å². The molecular weight excluding hydrogens is 264 g/mol. The molecule has 0 aliphatic heterocycles. The van der Waals surface area contributed by atoms with Gasteiger partial charge in [0, 0.05) is 5.75 Å². The van der Waals surface area contributed by atoms with Crippen molar-refractivity contribution in [2.24, 2.45) is 0 Å². The average Bonchev–Trinajstić information content (AvgIpc) is 2.89. The van der Waals surface area contributed by atoms with Crippen molar-refractivity contribution >= 4 is 17.7 Å². The zero-order valence-electron chi connectivity index (χ0n) is 10.2. The molecule has 0 spiro atoms. The van der Waals surface area contributed by atoms with Crippen LogP contribution in [0.4, 0.5) is 0 Å². The first-order valence-corrected chi connectivity index (χ1v) is 6.88. The summed E-state index contributed by atoms with van der Waals surface area (Å²) in [7, 11) is 0. The highest BCUT2D eigenvalue weighted by Crippen LogP contribution is 2.21. The number of ether oxygens (including phenoxy) is 1. The van der Waals surface area contributed by atoms with Crippen LogP contribution in [0.1, 0.15) is 17.0 Å². The molecule has 19 heavy (non-hydrogen) atoms. The predicted octanol–water partition coefficient (Wildman–Crippen LogP) is 3.54. The number of carboxylic acid groups (broad SMARTS) is 1. The summed E-state index contributed by atoms with van der Waals surface area (Å²) in [6.07, 6.45) is 0.864. The summed E-state index contributed by atoms with van der Waals surface area (Å²) in [6.45, 7) is 0.628. The normalized spacial score (nSPS) is 10.3. The Morgan fingerprint density at radius 2 is 2.00 bits per heavy atom. The number of hydrogen-bond acceptors (Lipinski definition) is 4. The summed E-state index contributed by atoms with van der Waals surface area (Å²) in [6, 6.07) is 12.8. The first kappa shape index (κ1) is 13.5. The molecule has 5 heteroatoms. The van der Waals surface area contributed by atoms with Gasteiger partial charge in [-0.05, 0) is 30.7 Å². The van der Waals surface area contributed by atoms with Gasteiger partial charge in [0.25, 0.3) is 0 Å². The molecule has 1 aromatic carbocycles. The summed E-state index contributed by atoms with van der Waals surface area (Å²) in [4.78, 5) is 10.6. The number of rotatable bonds is 7. The zero-order chi connectivity index (χ0) is 13.5. The summed E-state index contributed by atoms with van der Waals surface area (Å²) < 4.78 is 10.7. The monoisotopic (exact) mass is 278 g/mol. The molecule has 0 aliphatic carbocycles. The summed E-state index contributed by atoms with van der Waals surface area (Å²) in [5, 5.41) is 9.33. The number of carbonyl (C=O) groups is 1. The molecule has 4 nitrogen and oxygen atoms in total. The number of hydrogen-bond donors (Lipinski definition) is 1. The van der Waals surface area contributed by atoms with E-state index in [0.29, 0.717) is 11.7 Å². The van der Waals surface area contributed by atoms with Gasteiger partial charge in [0.05, 0.1) is 6.61 Å². The fourth-order valence-electron chi connectivity index (χ4n) is 1.45.